The molecule has 2 aromatic rings. The van der Waals surface area contributed by atoms with Crippen LogP contribution in [-0.4, -0.2) is 50.6 Å². The Labute approximate surface area is 205 Å². The number of carbonyl (C=O) groups is 4. The highest BCUT2D eigenvalue weighted by molar-refractivity contribution is 7.86. The maximum absolute atomic E-state index is 12.8. The third-order valence-corrected chi connectivity index (χ3v) is 8.36. The normalized spacial score (nSPS) is 25.7. The molecule has 1 aliphatic carbocycles. The molecule has 0 unspecified atom stereocenters. The topological polar surface area (TPSA) is 161 Å². The fourth-order valence-corrected chi connectivity index (χ4v) is 6.77. The van der Waals surface area contributed by atoms with Crippen LogP contribution in [0.3, 0.4) is 0 Å². The molecule has 1 saturated carbocycles. The average Bonchev–Trinajstić information content (AvgIpc) is 3.10. The van der Waals surface area contributed by atoms with Gasteiger partial charge in [-0.25, -0.2) is 0 Å². The van der Waals surface area contributed by atoms with Crippen LogP contribution in [0.25, 0.3) is 0 Å². The van der Waals surface area contributed by atoms with E-state index < -0.39 is 79.0 Å². The van der Waals surface area contributed by atoms with E-state index >= 15 is 0 Å². The second kappa shape index (κ2) is 8.58. The highest BCUT2D eigenvalue weighted by Gasteiger charge is 2.75. The van der Waals surface area contributed by atoms with Crippen LogP contribution >= 0.6 is 0 Å². The van der Waals surface area contributed by atoms with Gasteiger partial charge in [-0.3, -0.25) is 19.2 Å². The van der Waals surface area contributed by atoms with E-state index in [4.69, 9.17) is 8.57 Å². The lowest BCUT2D eigenvalue weighted by Crippen LogP contribution is -2.50. The lowest BCUT2D eigenvalue weighted by atomic mass is 9.59. The van der Waals surface area contributed by atoms with Crippen molar-refractivity contribution in [2.45, 2.75) is 11.5 Å². The van der Waals surface area contributed by atoms with Gasteiger partial charge in [0.2, 0.25) is 0 Å². The van der Waals surface area contributed by atoms with Gasteiger partial charge in [-0.15, -0.1) is 18.7 Å². The van der Waals surface area contributed by atoms with E-state index in [1.54, 1.807) is 36.4 Å². The van der Waals surface area contributed by atoms with Crippen molar-refractivity contribution < 1.29 is 44.6 Å². The Balaban J connectivity index is 1.30. The van der Waals surface area contributed by atoms with Gasteiger partial charge in [0, 0.05) is 0 Å². The third kappa shape index (κ3) is 4.11. The number of hydrogen-bond acceptors (Lipinski definition) is 10. The van der Waals surface area contributed by atoms with Gasteiger partial charge in [0.15, 0.2) is 0 Å². The maximum atomic E-state index is 12.8. The molecule has 0 bridgehead atoms. The number of rotatable bonds is 8. The smallest absolute Gasteiger partial charge is 0.272 e. The molecule has 0 radical (unpaired) electrons. The Morgan fingerprint density at radius 1 is 0.528 bits per heavy atom. The summed E-state index contributed by atoms with van der Waals surface area (Å²) in [6.45, 7) is 0. The summed E-state index contributed by atoms with van der Waals surface area (Å²) in [5.74, 6) is -11.1. The average molecular weight is 535 g/mol. The van der Waals surface area contributed by atoms with E-state index in [0.717, 1.165) is 0 Å². The summed E-state index contributed by atoms with van der Waals surface area (Å²) in [7, 11) is -8.84. The molecule has 2 saturated heterocycles. The highest BCUT2D eigenvalue weighted by atomic mass is 32.2. The standard InChI is InChI=1S/C22H18N2O10S2/c25-19-15-16(20(26)23(19)33-35(29,30)11-13-7-3-1-4-8-13)18-17(15)21(27)24(22(18)28)34-36(31,32)12-14-9-5-2-6-10-14/h1-10,15-18H,11-12H2. The monoisotopic (exact) mass is 534 g/mol. The third-order valence-electron chi connectivity index (χ3n) is 6.24. The molecule has 12 nitrogen and oxygen atoms in total. The first-order valence-electron chi connectivity index (χ1n) is 10.7. The van der Waals surface area contributed by atoms with E-state index in [2.05, 4.69) is 0 Å². The first kappa shape index (κ1) is 24.2. The lowest BCUT2D eigenvalue weighted by Gasteiger charge is -2.35. The van der Waals surface area contributed by atoms with Crippen LogP contribution in [0.4, 0.5) is 0 Å². The Hall–Kier alpha value is -3.46. The van der Waals surface area contributed by atoms with Crippen molar-refractivity contribution in [2.75, 3.05) is 0 Å². The Kier molecular flexibility index (Phi) is 5.78. The minimum Gasteiger partial charge on any atom is -0.272 e. The first-order valence-corrected chi connectivity index (χ1v) is 13.8. The van der Waals surface area contributed by atoms with E-state index in [9.17, 15) is 36.0 Å². The zero-order valence-electron chi connectivity index (χ0n) is 18.3. The van der Waals surface area contributed by atoms with E-state index in [1.165, 1.54) is 24.3 Å². The Morgan fingerprint density at radius 3 is 1.08 bits per heavy atom. The molecule has 0 aromatic heterocycles. The summed E-state index contributed by atoms with van der Waals surface area (Å²) >= 11 is 0. The molecule has 2 aromatic carbocycles. The van der Waals surface area contributed by atoms with Crippen molar-refractivity contribution in [3.8, 4) is 0 Å². The van der Waals surface area contributed by atoms with Crippen molar-refractivity contribution in [3.05, 3.63) is 71.8 Å². The van der Waals surface area contributed by atoms with Crippen LogP contribution in [0.15, 0.2) is 60.7 Å². The number of hydroxylamine groups is 4. The van der Waals surface area contributed by atoms with Gasteiger partial charge in [-0.2, -0.15) is 16.8 Å². The van der Waals surface area contributed by atoms with Gasteiger partial charge in [-0.1, -0.05) is 60.7 Å². The van der Waals surface area contributed by atoms with Crippen molar-refractivity contribution in [1.82, 2.24) is 10.1 Å². The molecule has 3 aliphatic rings. The van der Waals surface area contributed by atoms with Crippen molar-refractivity contribution >= 4 is 43.9 Å². The minimum absolute atomic E-state index is 0.0732. The molecule has 14 heteroatoms. The lowest BCUT2D eigenvalue weighted by molar-refractivity contribution is -0.169. The maximum Gasteiger partial charge on any atom is 0.292 e. The first-order chi connectivity index (χ1) is 17.0. The van der Waals surface area contributed by atoms with Gasteiger partial charge in [0.1, 0.15) is 11.5 Å². The van der Waals surface area contributed by atoms with Crippen molar-refractivity contribution in [2.24, 2.45) is 23.7 Å². The van der Waals surface area contributed by atoms with Gasteiger partial charge < -0.3 is 0 Å². The molecular formula is C22H18N2O10S2. The number of carbonyl (C=O) groups excluding carboxylic acids is 4. The summed E-state index contributed by atoms with van der Waals surface area (Å²) in [6.07, 6.45) is 0. The number of benzene rings is 2. The van der Waals surface area contributed by atoms with Crippen molar-refractivity contribution in [1.29, 1.82) is 0 Å². The fourth-order valence-electron chi connectivity index (χ4n) is 4.72. The molecule has 3 fully saturated rings. The predicted molar refractivity (Wildman–Crippen MR) is 118 cm³/mol. The number of hydrogen-bond donors (Lipinski definition) is 0. The number of imide groups is 2. The fraction of sp³-hybridized carbons (Fsp3) is 0.273. The molecule has 36 heavy (non-hydrogen) atoms. The summed E-state index contributed by atoms with van der Waals surface area (Å²) in [5, 5.41) is 0.146. The van der Waals surface area contributed by atoms with E-state index in [0.29, 0.717) is 11.1 Å². The molecule has 5 rings (SSSR count). The van der Waals surface area contributed by atoms with Crippen molar-refractivity contribution in [3.63, 3.8) is 0 Å². The number of amides is 4. The number of fused-ring (bicyclic) bond motifs is 4. The zero-order chi connectivity index (χ0) is 25.8. The summed E-state index contributed by atoms with van der Waals surface area (Å²) in [5.41, 5.74) is 0.706. The van der Waals surface area contributed by atoms with E-state index in [-0.39, 0.29) is 10.1 Å². The predicted octanol–water partition coefficient (Wildman–Crippen LogP) is 0.126. The molecule has 2 heterocycles. The molecule has 2 aliphatic heterocycles. The van der Waals surface area contributed by atoms with Crippen LogP contribution in [0.1, 0.15) is 11.1 Å². The van der Waals surface area contributed by atoms with Crippen LogP contribution in [0.5, 0.6) is 0 Å². The highest BCUT2D eigenvalue weighted by Crippen LogP contribution is 2.56. The van der Waals surface area contributed by atoms with Crippen LogP contribution in [0.2, 0.25) is 0 Å². The SMILES string of the molecule is O=C1C2C(C(=O)N1OS(=O)(=O)Cc1ccccc1)C1C(=O)N(OS(=O)(=O)Cc3ccccc3)C(=O)C21. The van der Waals surface area contributed by atoms with Crippen LogP contribution < -0.4 is 0 Å². The minimum atomic E-state index is -4.42. The second-order valence-corrected chi connectivity index (χ2v) is 11.7. The number of nitrogens with zero attached hydrogens (tertiary/aromatic N) is 2. The summed E-state index contributed by atoms with van der Waals surface area (Å²) < 4.78 is 59.2. The van der Waals surface area contributed by atoms with Gasteiger partial charge >= 0.3 is 0 Å². The van der Waals surface area contributed by atoms with Gasteiger partial charge in [-0.05, 0) is 11.1 Å². The molecule has 0 spiro atoms. The second-order valence-electron chi connectivity index (χ2n) is 8.57. The Morgan fingerprint density at radius 2 is 0.806 bits per heavy atom. The summed E-state index contributed by atoms with van der Waals surface area (Å²) in [4.78, 5) is 51.2. The van der Waals surface area contributed by atoms with Crippen LogP contribution in [0, 0.1) is 23.7 Å². The molecule has 0 atom stereocenters. The zero-order valence-corrected chi connectivity index (χ0v) is 19.9. The van der Waals surface area contributed by atoms with E-state index in [1.807, 2.05) is 0 Å². The molecule has 0 N–H and O–H groups in total. The molecule has 188 valence electrons. The quantitative estimate of drug-likeness (QED) is 0.426. The molecular weight excluding hydrogens is 516 g/mol. The Bertz CT molecular complexity index is 1310. The largest absolute Gasteiger partial charge is 0.292 e. The van der Waals surface area contributed by atoms with Gasteiger partial charge in [0.25, 0.3) is 43.9 Å². The van der Waals surface area contributed by atoms with Gasteiger partial charge in [0.05, 0.1) is 23.7 Å². The summed E-state index contributed by atoms with van der Waals surface area (Å²) in [6, 6.07) is 15.8. The van der Waals surface area contributed by atoms with Crippen LogP contribution in [-0.2, 0) is 59.5 Å². The molecule has 4 amide bonds.